The Balaban J connectivity index is 2.08. The number of hydrogen-bond acceptors (Lipinski definition) is 4. The molecule has 4 nitrogen and oxygen atoms in total. The highest BCUT2D eigenvalue weighted by Crippen LogP contribution is 2.39. The molecule has 1 heterocycles. The largest absolute Gasteiger partial charge is 0.458 e. The van der Waals surface area contributed by atoms with Crippen molar-refractivity contribution in [2.75, 3.05) is 0 Å². The lowest BCUT2D eigenvalue weighted by molar-refractivity contribution is -0.159. The molecule has 0 radical (unpaired) electrons. The monoisotopic (exact) mass is 210 g/mol. The van der Waals surface area contributed by atoms with Crippen LogP contribution in [0.15, 0.2) is 12.7 Å². The second-order valence-electron chi connectivity index (χ2n) is 4.23. The van der Waals surface area contributed by atoms with E-state index in [2.05, 4.69) is 6.58 Å². The van der Waals surface area contributed by atoms with E-state index in [1.165, 1.54) is 0 Å². The van der Waals surface area contributed by atoms with Gasteiger partial charge in [-0.1, -0.05) is 13.5 Å². The van der Waals surface area contributed by atoms with Crippen LogP contribution < -0.4 is 0 Å². The predicted molar refractivity (Wildman–Crippen MR) is 51.8 cm³/mol. The molecule has 2 fully saturated rings. The average Bonchev–Trinajstić information content (AvgIpc) is 2.51. The molecule has 0 N–H and O–H groups in total. The number of carbonyl (C=O) groups excluding carboxylic acids is 2. The van der Waals surface area contributed by atoms with Gasteiger partial charge in [-0.25, -0.2) is 4.79 Å². The van der Waals surface area contributed by atoms with Gasteiger partial charge in [0, 0.05) is 12.5 Å². The van der Waals surface area contributed by atoms with Crippen molar-refractivity contribution >= 4 is 11.9 Å². The summed E-state index contributed by atoms with van der Waals surface area (Å²) >= 11 is 0. The van der Waals surface area contributed by atoms with E-state index >= 15 is 0 Å². The molecule has 1 saturated heterocycles. The Hall–Kier alpha value is -1.32. The van der Waals surface area contributed by atoms with Gasteiger partial charge in [0.1, 0.15) is 12.2 Å². The van der Waals surface area contributed by atoms with Gasteiger partial charge in [-0.3, -0.25) is 4.79 Å². The summed E-state index contributed by atoms with van der Waals surface area (Å²) in [4.78, 5) is 22.4. The average molecular weight is 210 g/mol. The lowest BCUT2D eigenvalue weighted by atomic mass is 9.81. The summed E-state index contributed by atoms with van der Waals surface area (Å²) in [7, 11) is 0. The van der Waals surface area contributed by atoms with Crippen molar-refractivity contribution < 1.29 is 19.1 Å². The van der Waals surface area contributed by atoms with E-state index in [4.69, 9.17) is 9.47 Å². The first-order valence-electron chi connectivity index (χ1n) is 5.15. The molecule has 3 unspecified atom stereocenters. The van der Waals surface area contributed by atoms with Gasteiger partial charge in [-0.15, -0.1) is 0 Å². The Kier molecular flexibility index (Phi) is 2.50. The first-order valence-corrected chi connectivity index (χ1v) is 5.15. The normalized spacial score (nSPS) is 38.3. The quantitative estimate of drug-likeness (QED) is 0.505. The zero-order valence-electron chi connectivity index (χ0n) is 8.64. The van der Waals surface area contributed by atoms with E-state index in [1.54, 1.807) is 0 Å². The third-order valence-electron chi connectivity index (χ3n) is 3.12. The number of fused-ring (bicyclic) bond motifs is 2. The smallest absolute Gasteiger partial charge is 0.330 e. The summed E-state index contributed by atoms with van der Waals surface area (Å²) in [5, 5.41) is 0. The van der Waals surface area contributed by atoms with E-state index in [-0.39, 0.29) is 30.0 Å². The van der Waals surface area contributed by atoms with Crippen LogP contribution in [0.2, 0.25) is 0 Å². The third-order valence-corrected chi connectivity index (χ3v) is 3.12. The maximum absolute atomic E-state index is 11.3. The first-order chi connectivity index (χ1) is 7.11. The molecule has 4 heteroatoms. The minimum atomic E-state index is -0.451. The molecular formula is C11H14O4. The van der Waals surface area contributed by atoms with Gasteiger partial charge < -0.3 is 9.47 Å². The van der Waals surface area contributed by atoms with E-state index in [1.807, 2.05) is 6.92 Å². The fourth-order valence-electron chi connectivity index (χ4n) is 2.39. The van der Waals surface area contributed by atoms with E-state index in [0.717, 1.165) is 12.5 Å². The molecule has 0 amide bonds. The minimum Gasteiger partial charge on any atom is -0.458 e. The number of esters is 2. The van der Waals surface area contributed by atoms with Crippen molar-refractivity contribution in [2.45, 2.75) is 32.0 Å². The molecule has 15 heavy (non-hydrogen) atoms. The molecule has 2 rings (SSSR count). The standard InChI is InChI=1S/C11H14O4/c1-3-9(12)15-10-6(2)4-7-5-8(10)14-11(7)13/h3,6-8,10H,1,4-5H2,2H3/t6?,7?,8?,10-/m0/s1. The van der Waals surface area contributed by atoms with Crippen LogP contribution in [0, 0.1) is 11.8 Å². The molecule has 2 aliphatic rings. The van der Waals surface area contributed by atoms with Crippen molar-refractivity contribution in [1.82, 2.24) is 0 Å². The van der Waals surface area contributed by atoms with Crippen molar-refractivity contribution in [3.63, 3.8) is 0 Å². The zero-order valence-corrected chi connectivity index (χ0v) is 8.64. The topological polar surface area (TPSA) is 52.6 Å². The van der Waals surface area contributed by atoms with Gasteiger partial charge in [0.05, 0.1) is 5.92 Å². The summed E-state index contributed by atoms with van der Waals surface area (Å²) in [6.45, 7) is 5.32. The summed E-state index contributed by atoms with van der Waals surface area (Å²) < 4.78 is 10.4. The van der Waals surface area contributed by atoms with Crippen molar-refractivity contribution in [2.24, 2.45) is 11.8 Å². The third kappa shape index (κ3) is 1.76. The second kappa shape index (κ2) is 3.68. The highest BCUT2D eigenvalue weighted by Gasteiger charge is 2.48. The molecule has 1 saturated carbocycles. The van der Waals surface area contributed by atoms with Crippen LogP contribution in [0.5, 0.6) is 0 Å². The molecule has 2 bridgehead atoms. The van der Waals surface area contributed by atoms with Crippen LogP contribution >= 0.6 is 0 Å². The molecular weight excluding hydrogens is 196 g/mol. The molecule has 4 atom stereocenters. The second-order valence-corrected chi connectivity index (χ2v) is 4.23. The predicted octanol–water partition coefficient (Wildman–Crippen LogP) is 1.06. The van der Waals surface area contributed by atoms with Crippen LogP contribution in [0.25, 0.3) is 0 Å². The van der Waals surface area contributed by atoms with Gasteiger partial charge in [0.2, 0.25) is 0 Å². The Morgan fingerprint density at radius 2 is 2.33 bits per heavy atom. The number of hydrogen-bond donors (Lipinski definition) is 0. The highest BCUT2D eigenvalue weighted by atomic mass is 16.6. The minimum absolute atomic E-state index is 0.00341. The van der Waals surface area contributed by atoms with Crippen molar-refractivity contribution in [3.05, 3.63) is 12.7 Å². The van der Waals surface area contributed by atoms with E-state index in [0.29, 0.717) is 6.42 Å². The Bertz CT molecular complexity index is 310. The number of carbonyl (C=O) groups is 2. The van der Waals surface area contributed by atoms with Crippen LogP contribution in [-0.2, 0) is 19.1 Å². The summed E-state index contributed by atoms with van der Waals surface area (Å²) in [6.07, 6.45) is 1.99. The van der Waals surface area contributed by atoms with Crippen molar-refractivity contribution in [3.8, 4) is 0 Å². The van der Waals surface area contributed by atoms with Crippen LogP contribution in [-0.4, -0.2) is 24.1 Å². The van der Waals surface area contributed by atoms with E-state index < -0.39 is 5.97 Å². The maximum atomic E-state index is 11.3. The summed E-state index contributed by atoms with van der Waals surface area (Å²) in [6, 6.07) is 0. The van der Waals surface area contributed by atoms with Crippen LogP contribution in [0.4, 0.5) is 0 Å². The van der Waals surface area contributed by atoms with Gasteiger partial charge in [0.25, 0.3) is 0 Å². The van der Waals surface area contributed by atoms with Gasteiger partial charge in [-0.05, 0) is 12.3 Å². The van der Waals surface area contributed by atoms with Gasteiger partial charge in [0.15, 0.2) is 0 Å². The Morgan fingerprint density at radius 3 is 3.00 bits per heavy atom. The zero-order chi connectivity index (χ0) is 11.0. The molecule has 0 spiro atoms. The summed E-state index contributed by atoms with van der Waals surface area (Å²) in [5.74, 6) is -0.426. The number of rotatable bonds is 2. The maximum Gasteiger partial charge on any atom is 0.330 e. The molecule has 1 aliphatic carbocycles. The Labute approximate surface area is 88.2 Å². The van der Waals surface area contributed by atoms with E-state index in [9.17, 15) is 9.59 Å². The molecule has 0 aromatic heterocycles. The number of ether oxygens (including phenoxy) is 2. The fraction of sp³-hybridized carbons (Fsp3) is 0.636. The molecule has 82 valence electrons. The fourth-order valence-corrected chi connectivity index (χ4v) is 2.39. The highest BCUT2D eigenvalue weighted by molar-refractivity contribution is 5.81. The van der Waals surface area contributed by atoms with Gasteiger partial charge in [-0.2, -0.15) is 0 Å². The van der Waals surface area contributed by atoms with Crippen LogP contribution in [0.1, 0.15) is 19.8 Å². The SMILES string of the molecule is C=CC(=O)O[C@H]1C(C)CC2CC1OC2=O. The van der Waals surface area contributed by atoms with Gasteiger partial charge >= 0.3 is 11.9 Å². The lowest BCUT2D eigenvalue weighted by Crippen LogP contribution is -2.39. The first kappa shape index (κ1) is 10.2. The molecule has 1 aliphatic heterocycles. The Morgan fingerprint density at radius 1 is 1.60 bits per heavy atom. The lowest BCUT2D eigenvalue weighted by Gasteiger charge is -2.30. The van der Waals surface area contributed by atoms with Crippen molar-refractivity contribution in [1.29, 1.82) is 0 Å². The molecule has 0 aromatic rings. The molecule has 0 aromatic carbocycles. The van der Waals surface area contributed by atoms with Crippen LogP contribution in [0.3, 0.4) is 0 Å². The summed E-state index contributed by atoms with van der Waals surface area (Å²) in [5.41, 5.74) is 0.